The van der Waals surface area contributed by atoms with Crippen LogP contribution in [-0.4, -0.2) is 52.0 Å². The van der Waals surface area contributed by atoms with Gasteiger partial charge in [-0.3, -0.25) is 4.18 Å². The largest absolute Gasteiger partial charge is 0.468 e. The molecule has 0 aliphatic carbocycles. The molecule has 0 aliphatic heterocycles. The fourth-order valence-electron chi connectivity index (χ4n) is 0.597. The van der Waals surface area contributed by atoms with E-state index in [-0.39, 0.29) is 6.29 Å². The van der Waals surface area contributed by atoms with Crippen molar-refractivity contribution in [3.05, 3.63) is 0 Å². The molecule has 0 aliphatic rings. The van der Waals surface area contributed by atoms with E-state index in [1.807, 2.05) is 0 Å². The fraction of sp³-hybridized carbons (Fsp3) is 0.833. The zero-order valence-corrected chi connectivity index (χ0v) is 8.03. The molecule has 0 bridgehead atoms. The van der Waals surface area contributed by atoms with Crippen LogP contribution in [0.2, 0.25) is 0 Å². The maximum absolute atomic E-state index is 11.6. The Balaban J connectivity index is 4.19. The SMILES string of the molecule is O=C[C@H](OSC(F)(F)F)[C@H](O)[C@H](O)CO. The molecule has 0 amide bonds. The minimum atomic E-state index is -4.72. The number of hydrogen-bond donors (Lipinski definition) is 3. The van der Waals surface area contributed by atoms with Crippen molar-refractivity contribution >= 4 is 18.3 Å². The van der Waals surface area contributed by atoms with Gasteiger partial charge in [0, 0.05) is 0 Å². The zero-order chi connectivity index (χ0) is 12.1. The average Bonchev–Trinajstić information content (AvgIpc) is 2.15. The maximum Gasteiger partial charge on any atom is 0.468 e. The molecule has 0 unspecified atom stereocenters. The van der Waals surface area contributed by atoms with E-state index in [4.69, 9.17) is 15.3 Å². The van der Waals surface area contributed by atoms with Crippen LogP contribution < -0.4 is 0 Å². The van der Waals surface area contributed by atoms with Gasteiger partial charge < -0.3 is 20.1 Å². The van der Waals surface area contributed by atoms with Gasteiger partial charge in [-0.2, -0.15) is 13.2 Å². The van der Waals surface area contributed by atoms with Gasteiger partial charge in [0.25, 0.3) is 0 Å². The van der Waals surface area contributed by atoms with Gasteiger partial charge in [0.05, 0.1) is 6.61 Å². The van der Waals surface area contributed by atoms with E-state index >= 15 is 0 Å². The third-order valence-corrected chi connectivity index (χ3v) is 1.81. The van der Waals surface area contributed by atoms with Gasteiger partial charge in [0.2, 0.25) is 0 Å². The molecule has 0 saturated heterocycles. The monoisotopic (exact) mass is 250 g/mol. The lowest BCUT2D eigenvalue weighted by molar-refractivity contribution is -0.125. The van der Waals surface area contributed by atoms with Gasteiger partial charge >= 0.3 is 5.51 Å². The van der Waals surface area contributed by atoms with Crippen LogP contribution in [0.3, 0.4) is 0 Å². The molecule has 0 radical (unpaired) electrons. The van der Waals surface area contributed by atoms with Gasteiger partial charge in [-0.05, 0) is 0 Å². The molecule has 0 heterocycles. The molecule has 0 saturated carbocycles. The Morgan fingerprint density at radius 3 is 2.27 bits per heavy atom. The minimum Gasteiger partial charge on any atom is -0.394 e. The molecular formula is C6H9F3O5S. The van der Waals surface area contributed by atoms with Crippen molar-refractivity contribution in [2.75, 3.05) is 6.61 Å². The Morgan fingerprint density at radius 2 is 1.93 bits per heavy atom. The molecule has 0 fully saturated rings. The number of aliphatic hydroxyl groups is 3. The summed E-state index contributed by atoms with van der Waals surface area (Å²) in [6.07, 6.45) is -5.61. The van der Waals surface area contributed by atoms with Crippen molar-refractivity contribution in [1.29, 1.82) is 0 Å². The molecule has 0 aromatic carbocycles. The standard InChI is InChI=1S/C6H9F3O5S/c7-6(8,9)15-14-4(2-11)5(13)3(12)1-10/h2-5,10,12-13H,1H2/t3-,4+,5-/m1/s1. The van der Waals surface area contributed by atoms with Gasteiger partial charge in [-0.1, -0.05) is 0 Å². The highest BCUT2D eigenvalue weighted by atomic mass is 32.2. The van der Waals surface area contributed by atoms with E-state index in [0.29, 0.717) is 0 Å². The van der Waals surface area contributed by atoms with Gasteiger partial charge in [0.15, 0.2) is 12.4 Å². The summed E-state index contributed by atoms with van der Waals surface area (Å²) in [5, 5.41) is 26.2. The number of rotatable bonds is 6. The molecule has 9 heteroatoms. The highest BCUT2D eigenvalue weighted by molar-refractivity contribution is 7.95. The third-order valence-electron chi connectivity index (χ3n) is 1.31. The topological polar surface area (TPSA) is 87.0 Å². The number of carbonyl (C=O) groups excluding carboxylic acids is 1. The number of aliphatic hydroxyl groups excluding tert-OH is 3. The van der Waals surface area contributed by atoms with E-state index in [0.717, 1.165) is 0 Å². The van der Waals surface area contributed by atoms with E-state index in [1.54, 1.807) is 0 Å². The van der Waals surface area contributed by atoms with Crippen molar-refractivity contribution < 1.29 is 37.5 Å². The lowest BCUT2D eigenvalue weighted by Gasteiger charge is -2.20. The Morgan fingerprint density at radius 1 is 1.40 bits per heavy atom. The summed E-state index contributed by atoms with van der Waals surface area (Å²) >= 11 is -0.962. The Hall–Kier alpha value is -0.350. The summed E-state index contributed by atoms with van der Waals surface area (Å²) in [5.41, 5.74) is -4.72. The molecule has 90 valence electrons. The minimum absolute atomic E-state index is 0.0950. The highest BCUT2D eigenvalue weighted by Gasteiger charge is 2.35. The van der Waals surface area contributed by atoms with Crippen LogP contribution in [0.15, 0.2) is 0 Å². The molecule has 3 atom stereocenters. The number of alkyl halides is 3. The molecular weight excluding hydrogens is 241 g/mol. The first-order valence-electron chi connectivity index (χ1n) is 3.65. The maximum atomic E-state index is 11.6. The number of hydrogen-bond acceptors (Lipinski definition) is 6. The van der Waals surface area contributed by atoms with Crippen LogP contribution in [0.4, 0.5) is 13.2 Å². The Labute approximate surface area is 87.1 Å². The number of halogens is 3. The normalized spacial score (nSPS) is 18.3. The molecule has 0 aromatic heterocycles. The van der Waals surface area contributed by atoms with Gasteiger partial charge in [-0.25, -0.2) is 0 Å². The second-order valence-corrected chi connectivity index (χ2v) is 3.29. The molecule has 15 heavy (non-hydrogen) atoms. The zero-order valence-electron chi connectivity index (χ0n) is 7.22. The quantitative estimate of drug-likeness (QED) is 0.433. The van der Waals surface area contributed by atoms with Crippen molar-refractivity contribution in [2.45, 2.75) is 23.8 Å². The van der Waals surface area contributed by atoms with Crippen molar-refractivity contribution in [1.82, 2.24) is 0 Å². The summed E-state index contributed by atoms with van der Waals surface area (Å²) < 4.78 is 38.8. The summed E-state index contributed by atoms with van der Waals surface area (Å²) in [5.74, 6) is 0. The highest BCUT2D eigenvalue weighted by Crippen LogP contribution is 2.32. The summed E-state index contributed by atoms with van der Waals surface area (Å²) in [6, 6.07) is 0. The smallest absolute Gasteiger partial charge is 0.394 e. The van der Waals surface area contributed by atoms with Crippen molar-refractivity contribution in [2.24, 2.45) is 0 Å². The number of carbonyl (C=O) groups is 1. The average molecular weight is 250 g/mol. The fourth-order valence-corrected chi connectivity index (χ4v) is 0.977. The van der Waals surface area contributed by atoms with E-state index < -0.39 is 42.5 Å². The molecule has 0 rings (SSSR count). The molecule has 5 nitrogen and oxygen atoms in total. The lowest BCUT2D eigenvalue weighted by Crippen LogP contribution is -2.41. The van der Waals surface area contributed by atoms with E-state index in [9.17, 15) is 18.0 Å². The number of aldehydes is 1. The van der Waals surface area contributed by atoms with Crippen molar-refractivity contribution in [3.8, 4) is 0 Å². The van der Waals surface area contributed by atoms with Crippen LogP contribution in [0.25, 0.3) is 0 Å². The van der Waals surface area contributed by atoms with E-state index in [2.05, 4.69) is 4.18 Å². The van der Waals surface area contributed by atoms with Crippen LogP contribution >= 0.6 is 12.0 Å². The van der Waals surface area contributed by atoms with Gasteiger partial charge in [-0.15, -0.1) is 0 Å². The second-order valence-electron chi connectivity index (χ2n) is 2.47. The first kappa shape index (κ1) is 14.6. The lowest BCUT2D eigenvalue weighted by atomic mass is 10.1. The Kier molecular flexibility index (Phi) is 6.13. The summed E-state index contributed by atoms with van der Waals surface area (Å²) in [7, 11) is 0. The predicted octanol–water partition coefficient (Wildman–Crippen LogP) is -0.547. The molecule has 3 N–H and O–H groups in total. The van der Waals surface area contributed by atoms with Gasteiger partial charge in [0.1, 0.15) is 24.3 Å². The van der Waals surface area contributed by atoms with E-state index in [1.165, 1.54) is 0 Å². The van der Waals surface area contributed by atoms with Crippen LogP contribution in [0.5, 0.6) is 0 Å². The first-order valence-corrected chi connectivity index (χ1v) is 4.39. The molecule has 0 aromatic rings. The summed E-state index contributed by atoms with van der Waals surface area (Å²) in [4.78, 5) is 10.2. The third kappa shape index (κ3) is 5.95. The summed E-state index contributed by atoms with van der Waals surface area (Å²) in [6.45, 7) is -0.897. The predicted molar refractivity (Wildman–Crippen MR) is 43.7 cm³/mol. The van der Waals surface area contributed by atoms with Crippen LogP contribution in [-0.2, 0) is 8.98 Å². The Bertz CT molecular complexity index is 200. The van der Waals surface area contributed by atoms with Crippen LogP contribution in [0, 0.1) is 0 Å². The second kappa shape index (κ2) is 6.28. The molecule has 0 spiro atoms. The van der Waals surface area contributed by atoms with Crippen LogP contribution in [0.1, 0.15) is 0 Å². The van der Waals surface area contributed by atoms with Crippen molar-refractivity contribution in [3.63, 3.8) is 0 Å². The first-order chi connectivity index (χ1) is 6.81.